The Morgan fingerprint density at radius 1 is 1.16 bits per heavy atom. The quantitative estimate of drug-likeness (QED) is 0.846. The molecule has 0 aromatic carbocycles. The summed E-state index contributed by atoms with van der Waals surface area (Å²) < 4.78 is 6.02. The van der Waals surface area contributed by atoms with Crippen LogP contribution >= 0.6 is 11.8 Å². The van der Waals surface area contributed by atoms with Gasteiger partial charge in [0.15, 0.2) is 0 Å². The number of nitrogens with one attached hydrogen (secondary N) is 1. The summed E-state index contributed by atoms with van der Waals surface area (Å²) in [6, 6.07) is 0.563. The highest BCUT2D eigenvalue weighted by Crippen LogP contribution is 2.52. The maximum absolute atomic E-state index is 12.0. The van der Waals surface area contributed by atoms with Crippen LogP contribution in [-0.4, -0.2) is 34.2 Å². The molecule has 1 spiro atoms. The molecule has 0 aromatic rings. The zero-order valence-corrected chi connectivity index (χ0v) is 12.8. The summed E-state index contributed by atoms with van der Waals surface area (Å²) in [7, 11) is 0. The first-order valence-corrected chi connectivity index (χ1v) is 8.55. The fourth-order valence-electron chi connectivity index (χ4n) is 4.01. The van der Waals surface area contributed by atoms with Crippen molar-refractivity contribution in [2.75, 3.05) is 0 Å². The second-order valence-electron chi connectivity index (χ2n) is 6.57. The van der Waals surface area contributed by atoms with Gasteiger partial charge < -0.3 is 10.1 Å². The van der Waals surface area contributed by atoms with Crippen molar-refractivity contribution in [2.45, 2.75) is 87.8 Å². The van der Waals surface area contributed by atoms with Crippen molar-refractivity contribution < 1.29 is 9.53 Å². The van der Waals surface area contributed by atoms with E-state index in [1.54, 1.807) is 11.8 Å². The minimum atomic E-state index is 0.111. The van der Waals surface area contributed by atoms with Gasteiger partial charge >= 0.3 is 0 Å². The Morgan fingerprint density at radius 2 is 1.79 bits per heavy atom. The van der Waals surface area contributed by atoms with E-state index in [0.717, 1.165) is 12.8 Å². The van der Waals surface area contributed by atoms with E-state index < -0.39 is 0 Å². The second kappa shape index (κ2) is 5.38. The lowest BCUT2D eigenvalue weighted by molar-refractivity contribution is -0.117. The summed E-state index contributed by atoms with van der Waals surface area (Å²) in [6.07, 6.45) is 9.05. The van der Waals surface area contributed by atoms with Crippen LogP contribution in [0.2, 0.25) is 0 Å². The normalized spacial score (nSPS) is 42.1. The Balaban J connectivity index is 1.63. The highest BCUT2D eigenvalue weighted by atomic mass is 32.2. The van der Waals surface area contributed by atoms with Gasteiger partial charge in [0.25, 0.3) is 0 Å². The molecule has 4 heteroatoms. The minimum Gasteiger partial charge on any atom is -0.375 e. The van der Waals surface area contributed by atoms with Crippen LogP contribution in [-0.2, 0) is 9.53 Å². The molecule has 1 saturated carbocycles. The van der Waals surface area contributed by atoms with Crippen molar-refractivity contribution in [1.29, 1.82) is 0 Å². The SMILES string of the molecule is C[C@@H]1CC(NC2C(=O)SC23CCCCC3)C[C@H](C)O1. The number of ether oxygens (including phenoxy) is 1. The Bertz CT molecular complexity index is 344. The second-order valence-corrected chi connectivity index (χ2v) is 7.99. The van der Waals surface area contributed by atoms with Crippen LogP contribution in [0.15, 0.2) is 0 Å². The summed E-state index contributed by atoms with van der Waals surface area (Å²) in [4.78, 5) is 12.0. The van der Waals surface area contributed by atoms with E-state index >= 15 is 0 Å². The number of hydrogen-bond acceptors (Lipinski definition) is 4. The maximum Gasteiger partial charge on any atom is 0.207 e. The van der Waals surface area contributed by atoms with Crippen LogP contribution < -0.4 is 5.32 Å². The Kier molecular flexibility index (Phi) is 3.93. The van der Waals surface area contributed by atoms with Gasteiger partial charge in [-0.15, -0.1) is 0 Å². The molecule has 2 saturated heterocycles. The fraction of sp³-hybridized carbons (Fsp3) is 0.933. The van der Waals surface area contributed by atoms with Gasteiger partial charge in [0, 0.05) is 10.8 Å². The third-order valence-corrected chi connectivity index (χ3v) is 6.35. The molecule has 4 atom stereocenters. The van der Waals surface area contributed by atoms with Gasteiger partial charge in [-0.05, 0) is 39.5 Å². The monoisotopic (exact) mass is 283 g/mol. The zero-order valence-electron chi connectivity index (χ0n) is 12.0. The van der Waals surface area contributed by atoms with Crippen molar-refractivity contribution in [1.82, 2.24) is 5.32 Å². The number of hydrogen-bond donors (Lipinski definition) is 1. The number of rotatable bonds is 2. The average molecular weight is 283 g/mol. The molecule has 0 bridgehead atoms. The van der Waals surface area contributed by atoms with E-state index in [1.165, 1.54) is 32.1 Å². The molecule has 2 heterocycles. The van der Waals surface area contributed by atoms with E-state index in [2.05, 4.69) is 19.2 Å². The molecule has 19 heavy (non-hydrogen) atoms. The summed E-state index contributed by atoms with van der Waals surface area (Å²) >= 11 is 1.62. The van der Waals surface area contributed by atoms with Crippen molar-refractivity contribution in [3.8, 4) is 0 Å². The lowest BCUT2D eigenvalue weighted by Crippen LogP contribution is -2.65. The Hall–Kier alpha value is -0.0600. The molecule has 3 nitrogen and oxygen atoms in total. The predicted molar refractivity (Wildman–Crippen MR) is 78.4 cm³/mol. The van der Waals surface area contributed by atoms with Crippen molar-refractivity contribution >= 4 is 16.9 Å². The van der Waals surface area contributed by atoms with Gasteiger partial charge in [-0.25, -0.2) is 0 Å². The average Bonchev–Trinajstić information content (AvgIpc) is 2.36. The molecule has 0 radical (unpaired) electrons. The van der Waals surface area contributed by atoms with Crippen LogP contribution in [0.4, 0.5) is 0 Å². The Morgan fingerprint density at radius 3 is 2.37 bits per heavy atom. The number of carbonyl (C=O) groups is 1. The minimum absolute atomic E-state index is 0.111. The van der Waals surface area contributed by atoms with E-state index in [-0.39, 0.29) is 10.8 Å². The molecule has 3 fully saturated rings. The Labute approximate surface area is 120 Å². The first-order valence-electron chi connectivity index (χ1n) is 7.73. The van der Waals surface area contributed by atoms with Gasteiger partial charge in [0.2, 0.25) is 5.12 Å². The van der Waals surface area contributed by atoms with Crippen molar-refractivity contribution in [3.05, 3.63) is 0 Å². The van der Waals surface area contributed by atoms with E-state index in [9.17, 15) is 4.79 Å². The fourth-order valence-corrected chi connectivity index (χ4v) is 5.42. The van der Waals surface area contributed by atoms with Gasteiger partial charge in [0.1, 0.15) is 0 Å². The summed E-state index contributed by atoms with van der Waals surface area (Å²) in [5.74, 6) is 0. The highest BCUT2D eigenvalue weighted by molar-refractivity contribution is 8.17. The van der Waals surface area contributed by atoms with E-state index in [4.69, 9.17) is 4.74 Å². The van der Waals surface area contributed by atoms with Gasteiger partial charge in [-0.2, -0.15) is 0 Å². The lowest BCUT2D eigenvalue weighted by atomic mass is 9.81. The van der Waals surface area contributed by atoms with Crippen LogP contribution in [0, 0.1) is 0 Å². The molecule has 3 rings (SSSR count). The smallest absolute Gasteiger partial charge is 0.207 e. The zero-order chi connectivity index (χ0) is 13.5. The topological polar surface area (TPSA) is 38.3 Å². The molecule has 3 aliphatic rings. The molecule has 1 aliphatic carbocycles. The van der Waals surface area contributed by atoms with E-state index in [1.807, 2.05) is 0 Å². The molecular formula is C15H25NO2S. The van der Waals surface area contributed by atoms with Crippen molar-refractivity contribution in [3.63, 3.8) is 0 Å². The first-order chi connectivity index (χ1) is 9.09. The third kappa shape index (κ3) is 2.72. The summed E-state index contributed by atoms with van der Waals surface area (Å²) in [5.41, 5.74) is 0. The number of carbonyl (C=O) groups excluding carboxylic acids is 1. The van der Waals surface area contributed by atoms with E-state index in [0.29, 0.717) is 23.4 Å². The molecule has 2 aliphatic heterocycles. The molecule has 108 valence electrons. The maximum atomic E-state index is 12.0. The van der Waals surface area contributed by atoms with Crippen LogP contribution in [0.1, 0.15) is 58.8 Å². The van der Waals surface area contributed by atoms with Crippen LogP contribution in [0.5, 0.6) is 0 Å². The van der Waals surface area contributed by atoms with Gasteiger partial charge in [-0.1, -0.05) is 31.0 Å². The van der Waals surface area contributed by atoms with Gasteiger partial charge in [-0.3, -0.25) is 4.79 Å². The van der Waals surface area contributed by atoms with Crippen molar-refractivity contribution in [2.24, 2.45) is 0 Å². The van der Waals surface area contributed by atoms with Crippen LogP contribution in [0.25, 0.3) is 0 Å². The lowest BCUT2D eigenvalue weighted by Gasteiger charge is -2.51. The molecule has 2 unspecified atom stereocenters. The number of thioether (sulfide) groups is 1. The molecule has 0 aromatic heterocycles. The predicted octanol–water partition coefficient (Wildman–Crippen LogP) is 2.88. The van der Waals surface area contributed by atoms with Crippen LogP contribution in [0.3, 0.4) is 0 Å². The highest BCUT2D eigenvalue weighted by Gasteiger charge is 2.55. The first kappa shape index (κ1) is 13.9. The van der Waals surface area contributed by atoms with Gasteiger partial charge in [0.05, 0.1) is 18.2 Å². The molecule has 1 N–H and O–H groups in total. The third-order valence-electron chi connectivity index (χ3n) is 4.87. The summed E-state index contributed by atoms with van der Waals surface area (Å²) in [6.45, 7) is 4.27. The molecule has 0 amide bonds. The standard InChI is InChI=1S/C15H25NO2S/c1-10-8-12(9-11(2)18-10)16-13-14(17)19-15(13)6-4-3-5-7-15/h10-13,16H,3-9H2,1-2H3/t10-,11+,12?,13?. The summed E-state index contributed by atoms with van der Waals surface area (Å²) in [5, 5.41) is 4.05. The molecular weight excluding hydrogens is 258 g/mol. The largest absolute Gasteiger partial charge is 0.375 e.